The van der Waals surface area contributed by atoms with E-state index in [9.17, 15) is 0 Å². The van der Waals surface area contributed by atoms with E-state index in [2.05, 4.69) is 170 Å². The van der Waals surface area contributed by atoms with Crippen molar-refractivity contribution in [3.8, 4) is 67.5 Å². The number of aromatic nitrogens is 3. The second-order valence-corrected chi connectivity index (χ2v) is 14.2. The Hall–Kier alpha value is -6.75. The van der Waals surface area contributed by atoms with E-state index in [4.69, 9.17) is 15.0 Å². The highest BCUT2D eigenvalue weighted by Gasteiger charge is 2.19. The van der Waals surface area contributed by atoms with E-state index in [0.717, 1.165) is 27.8 Å². The molecule has 8 aromatic carbocycles. The van der Waals surface area contributed by atoms with Crippen molar-refractivity contribution in [3.63, 3.8) is 0 Å². The highest BCUT2D eigenvalue weighted by molar-refractivity contribution is 7.26. The summed E-state index contributed by atoms with van der Waals surface area (Å²) in [6.07, 6.45) is 0. The van der Waals surface area contributed by atoms with E-state index < -0.39 is 0 Å². The molecule has 0 unspecified atom stereocenters. The Morgan fingerprint density at radius 2 is 0.887 bits per heavy atom. The van der Waals surface area contributed by atoms with Crippen LogP contribution in [0.3, 0.4) is 0 Å². The highest BCUT2D eigenvalue weighted by atomic mass is 32.1. The molecule has 10 rings (SSSR count). The molecule has 0 N–H and O–H groups in total. The topological polar surface area (TPSA) is 38.7 Å². The Kier molecular flexibility index (Phi) is 7.67. The summed E-state index contributed by atoms with van der Waals surface area (Å²) in [6, 6.07) is 66.4. The first-order chi connectivity index (χ1) is 26.3. The first-order valence-electron chi connectivity index (χ1n) is 17.8. The van der Waals surface area contributed by atoms with Gasteiger partial charge in [0.2, 0.25) is 0 Å². The molecule has 0 aliphatic heterocycles. The van der Waals surface area contributed by atoms with Crippen LogP contribution < -0.4 is 0 Å². The van der Waals surface area contributed by atoms with Gasteiger partial charge >= 0.3 is 0 Å². The minimum absolute atomic E-state index is 0.640. The second-order valence-electron chi connectivity index (χ2n) is 13.2. The van der Waals surface area contributed by atoms with Crippen molar-refractivity contribution in [1.82, 2.24) is 15.0 Å². The Bertz CT molecular complexity index is 2950. The molecule has 0 radical (unpaired) electrons. The maximum absolute atomic E-state index is 5.21. The summed E-state index contributed by atoms with van der Waals surface area (Å²) in [5, 5.41) is 4.90. The van der Waals surface area contributed by atoms with Crippen LogP contribution in [0.25, 0.3) is 98.5 Å². The van der Waals surface area contributed by atoms with Crippen LogP contribution >= 0.6 is 11.3 Å². The lowest BCUT2D eigenvalue weighted by atomic mass is 9.86. The molecule has 0 atom stereocenters. The van der Waals surface area contributed by atoms with E-state index in [1.54, 1.807) is 11.3 Å². The molecule has 0 spiro atoms. The van der Waals surface area contributed by atoms with E-state index in [1.165, 1.54) is 53.2 Å². The van der Waals surface area contributed by atoms with Crippen LogP contribution in [-0.2, 0) is 0 Å². The highest BCUT2D eigenvalue weighted by Crippen LogP contribution is 2.43. The molecule has 2 aromatic heterocycles. The summed E-state index contributed by atoms with van der Waals surface area (Å²) >= 11 is 1.79. The quantitative estimate of drug-likeness (QED) is 0.174. The second kappa shape index (κ2) is 13.1. The van der Waals surface area contributed by atoms with E-state index in [0.29, 0.717) is 17.5 Å². The lowest BCUT2D eigenvalue weighted by Gasteiger charge is -2.18. The van der Waals surface area contributed by atoms with Crippen molar-refractivity contribution in [2.45, 2.75) is 0 Å². The maximum atomic E-state index is 5.21. The first-order valence-corrected chi connectivity index (χ1v) is 18.6. The molecule has 0 saturated heterocycles. The standard InChI is InChI=1S/C49H31N3S/c1-3-15-32(16-4-1)39-30-29-33-17-7-8-23-38(33)45(39)41-25-10-9-22-37(41)35-20-13-21-36(31-35)48-50-47(34-18-5-2-6-19-34)51-49(52-48)43-27-14-26-42-40-24-11-12-28-44(40)53-46(42)43/h1-31H. The van der Waals surface area contributed by atoms with Crippen LogP contribution in [0.4, 0.5) is 0 Å². The third-order valence-corrected chi connectivity index (χ3v) is 11.2. The SMILES string of the molecule is c1ccc(-c2nc(-c3cccc(-c4ccccc4-c4c(-c5ccccc5)ccc5ccccc45)c3)nc(-c3cccc4c3sc3ccccc34)n2)cc1. The fraction of sp³-hybridized carbons (Fsp3) is 0. The monoisotopic (exact) mass is 693 g/mol. The molecule has 0 saturated carbocycles. The van der Waals surface area contributed by atoms with Crippen LogP contribution in [0.5, 0.6) is 0 Å². The van der Waals surface area contributed by atoms with Crippen molar-refractivity contribution in [2.75, 3.05) is 0 Å². The van der Waals surface area contributed by atoms with Gasteiger partial charge in [-0.1, -0.05) is 170 Å². The average Bonchev–Trinajstić information content (AvgIpc) is 3.63. The van der Waals surface area contributed by atoms with E-state index in [1.807, 2.05) is 18.2 Å². The smallest absolute Gasteiger partial charge is 0.165 e. The van der Waals surface area contributed by atoms with Gasteiger partial charge in [-0.25, -0.2) is 15.0 Å². The van der Waals surface area contributed by atoms with Crippen LogP contribution in [-0.4, -0.2) is 15.0 Å². The third-order valence-electron chi connectivity index (χ3n) is 9.95. The van der Waals surface area contributed by atoms with Gasteiger partial charge in [0.05, 0.1) is 0 Å². The molecule has 0 fully saturated rings. The molecular formula is C49H31N3S. The molecule has 0 bridgehead atoms. The predicted octanol–water partition coefficient (Wildman–Crippen LogP) is 13.4. The fourth-order valence-corrected chi connectivity index (χ4v) is 8.68. The van der Waals surface area contributed by atoms with Gasteiger partial charge in [-0.15, -0.1) is 11.3 Å². The summed E-state index contributed by atoms with van der Waals surface area (Å²) in [6.45, 7) is 0. The number of hydrogen-bond acceptors (Lipinski definition) is 4. The van der Waals surface area contributed by atoms with Crippen molar-refractivity contribution >= 4 is 42.3 Å². The summed E-state index contributed by atoms with van der Waals surface area (Å²) in [5.74, 6) is 1.96. The van der Waals surface area contributed by atoms with Gasteiger partial charge in [0, 0.05) is 36.9 Å². The van der Waals surface area contributed by atoms with E-state index in [-0.39, 0.29) is 0 Å². The number of thiophene rings is 1. The predicted molar refractivity (Wildman–Crippen MR) is 223 cm³/mol. The Balaban J connectivity index is 1.16. The van der Waals surface area contributed by atoms with Crippen molar-refractivity contribution < 1.29 is 0 Å². The zero-order valence-electron chi connectivity index (χ0n) is 28.6. The number of hydrogen-bond donors (Lipinski definition) is 0. The lowest BCUT2D eigenvalue weighted by molar-refractivity contribution is 1.08. The number of nitrogens with zero attached hydrogens (tertiary/aromatic N) is 3. The molecule has 2 heterocycles. The normalized spacial score (nSPS) is 11.4. The molecule has 248 valence electrons. The molecule has 53 heavy (non-hydrogen) atoms. The van der Waals surface area contributed by atoms with Crippen LogP contribution in [0.15, 0.2) is 188 Å². The molecule has 0 amide bonds. The first kappa shape index (κ1) is 31.0. The van der Waals surface area contributed by atoms with Gasteiger partial charge in [0.15, 0.2) is 17.5 Å². The molecule has 4 heteroatoms. The summed E-state index contributed by atoms with van der Waals surface area (Å²) in [5.41, 5.74) is 9.94. The van der Waals surface area contributed by atoms with Crippen LogP contribution in [0, 0.1) is 0 Å². The lowest BCUT2D eigenvalue weighted by Crippen LogP contribution is -2.00. The van der Waals surface area contributed by atoms with Crippen molar-refractivity contribution in [1.29, 1.82) is 0 Å². The minimum atomic E-state index is 0.640. The van der Waals surface area contributed by atoms with Crippen molar-refractivity contribution in [2.24, 2.45) is 0 Å². The van der Waals surface area contributed by atoms with Gasteiger partial charge in [0.25, 0.3) is 0 Å². The molecule has 0 aliphatic rings. The molecule has 0 aliphatic carbocycles. The largest absolute Gasteiger partial charge is 0.208 e. The van der Waals surface area contributed by atoms with E-state index >= 15 is 0 Å². The Labute approximate surface area is 311 Å². The molecular weight excluding hydrogens is 663 g/mol. The maximum Gasteiger partial charge on any atom is 0.165 e. The summed E-state index contributed by atoms with van der Waals surface area (Å²) in [7, 11) is 0. The van der Waals surface area contributed by atoms with Crippen LogP contribution in [0.1, 0.15) is 0 Å². The summed E-state index contributed by atoms with van der Waals surface area (Å²) < 4.78 is 2.43. The van der Waals surface area contributed by atoms with Gasteiger partial charge < -0.3 is 0 Å². The average molecular weight is 694 g/mol. The molecule has 3 nitrogen and oxygen atoms in total. The fourth-order valence-electron chi connectivity index (χ4n) is 7.46. The number of fused-ring (bicyclic) bond motifs is 4. The Morgan fingerprint density at radius 1 is 0.321 bits per heavy atom. The van der Waals surface area contributed by atoms with Gasteiger partial charge in [-0.05, 0) is 62.4 Å². The number of rotatable bonds is 6. The van der Waals surface area contributed by atoms with Gasteiger partial charge in [0.1, 0.15) is 0 Å². The number of benzene rings is 8. The zero-order chi connectivity index (χ0) is 35.1. The minimum Gasteiger partial charge on any atom is -0.208 e. The van der Waals surface area contributed by atoms with Gasteiger partial charge in [-0.2, -0.15) is 0 Å². The third kappa shape index (κ3) is 5.57. The Morgan fingerprint density at radius 3 is 1.72 bits per heavy atom. The zero-order valence-corrected chi connectivity index (χ0v) is 29.5. The molecule has 10 aromatic rings. The van der Waals surface area contributed by atoms with Crippen LogP contribution in [0.2, 0.25) is 0 Å². The van der Waals surface area contributed by atoms with Crippen molar-refractivity contribution in [3.05, 3.63) is 188 Å². The summed E-state index contributed by atoms with van der Waals surface area (Å²) in [4.78, 5) is 15.4. The van der Waals surface area contributed by atoms with Gasteiger partial charge in [-0.3, -0.25) is 0 Å².